The number of hydrogen-bond donors (Lipinski definition) is 1. The van der Waals surface area contributed by atoms with Crippen LogP contribution >= 0.6 is 11.3 Å². The van der Waals surface area contributed by atoms with Crippen molar-refractivity contribution in [1.82, 2.24) is 9.55 Å². The molecule has 0 saturated heterocycles. The lowest BCUT2D eigenvalue weighted by molar-refractivity contribution is -0.140. The molecule has 25 heavy (non-hydrogen) atoms. The number of benzene rings is 1. The zero-order valence-corrected chi connectivity index (χ0v) is 14.2. The molecule has 3 rings (SSSR count). The molecule has 1 aromatic carbocycles. The highest BCUT2D eigenvalue weighted by Crippen LogP contribution is 2.30. The van der Waals surface area contributed by atoms with E-state index in [2.05, 4.69) is 9.72 Å². The molecule has 0 atom stereocenters. The molecular weight excluding hydrogens is 347 g/mol. The van der Waals surface area contributed by atoms with E-state index in [1.807, 2.05) is 0 Å². The van der Waals surface area contributed by atoms with Crippen LogP contribution in [-0.2, 0) is 16.1 Å². The van der Waals surface area contributed by atoms with Crippen LogP contribution in [0.25, 0.3) is 21.3 Å². The van der Waals surface area contributed by atoms with E-state index in [4.69, 9.17) is 0 Å². The number of fused-ring (bicyclic) bond motifs is 1. The maximum Gasteiger partial charge on any atom is 0.329 e. The van der Waals surface area contributed by atoms with Crippen LogP contribution in [0.1, 0.15) is 12.8 Å². The minimum Gasteiger partial charge on any atom is -0.469 e. The van der Waals surface area contributed by atoms with Gasteiger partial charge in [-0.2, -0.15) is 0 Å². The summed E-state index contributed by atoms with van der Waals surface area (Å²) in [6.45, 7) is 0.109. The second-order valence-electron chi connectivity index (χ2n) is 5.43. The monoisotopic (exact) mass is 362 g/mol. The molecule has 2 heterocycles. The Labute approximate surface area is 145 Å². The van der Waals surface area contributed by atoms with E-state index in [-0.39, 0.29) is 18.8 Å². The summed E-state index contributed by atoms with van der Waals surface area (Å²) in [5.74, 6) is -0.759. The van der Waals surface area contributed by atoms with Gasteiger partial charge in [0.15, 0.2) is 0 Å². The average molecular weight is 362 g/mol. The van der Waals surface area contributed by atoms with Crippen molar-refractivity contribution in [3.63, 3.8) is 0 Å². The highest BCUT2D eigenvalue weighted by Gasteiger charge is 2.15. The van der Waals surface area contributed by atoms with E-state index < -0.39 is 17.2 Å². The molecule has 6 nitrogen and oxygen atoms in total. The fourth-order valence-corrected chi connectivity index (χ4v) is 3.53. The minimum absolute atomic E-state index is 0.109. The number of aromatic nitrogens is 2. The topological polar surface area (TPSA) is 81.2 Å². The standard InChI is InChI=1S/C17H15FN2O4S/c1-24-13(21)3-2-8-20-16(22)14-12(9-25-15(14)19-17(20)23)10-4-6-11(18)7-5-10/h4-7,9H,2-3,8H2,1H3,(H,19,23). The number of methoxy groups -OCH3 is 1. The Morgan fingerprint density at radius 3 is 2.68 bits per heavy atom. The van der Waals surface area contributed by atoms with Crippen molar-refractivity contribution >= 4 is 27.5 Å². The number of hydrogen-bond acceptors (Lipinski definition) is 5. The van der Waals surface area contributed by atoms with Crippen molar-refractivity contribution in [3.05, 3.63) is 56.3 Å². The van der Waals surface area contributed by atoms with E-state index in [9.17, 15) is 18.8 Å². The van der Waals surface area contributed by atoms with Crippen LogP contribution in [0, 0.1) is 5.82 Å². The maximum absolute atomic E-state index is 13.1. The van der Waals surface area contributed by atoms with E-state index >= 15 is 0 Å². The number of halogens is 1. The molecule has 0 fully saturated rings. The van der Waals surface area contributed by atoms with Crippen molar-refractivity contribution in [2.45, 2.75) is 19.4 Å². The second kappa shape index (κ2) is 7.02. The number of esters is 1. The van der Waals surface area contributed by atoms with E-state index in [0.717, 1.165) is 4.57 Å². The summed E-state index contributed by atoms with van der Waals surface area (Å²) in [6.07, 6.45) is 0.437. The predicted molar refractivity (Wildman–Crippen MR) is 93.3 cm³/mol. The Kier molecular flexibility index (Phi) is 4.80. The lowest BCUT2D eigenvalue weighted by Gasteiger charge is -2.05. The van der Waals surface area contributed by atoms with Crippen molar-refractivity contribution in [1.29, 1.82) is 0 Å². The number of carbonyl (C=O) groups is 1. The van der Waals surface area contributed by atoms with Gasteiger partial charge in [-0.15, -0.1) is 11.3 Å². The Morgan fingerprint density at radius 1 is 1.28 bits per heavy atom. The van der Waals surface area contributed by atoms with Gasteiger partial charge in [0.25, 0.3) is 5.56 Å². The van der Waals surface area contributed by atoms with Gasteiger partial charge in [-0.3, -0.25) is 19.1 Å². The first-order chi connectivity index (χ1) is 12.0. The van der Waals surface area contributed by atoms with Crippen LogP contribution in [0.15, 0.2) is 39.2 Å². The number of thiophene rings is 1. The van der Waals surface area contributed by atoms with Crippen LogP contribution in [0.2, 0.25) is 0 Å². The summed E-state index contributed by atoms with van der Waals surface area (Å²) in [5, 5.41) is 2.14. The summed E-state index contributed by atoms with van der Waals surface area (Å²) < 4.78 is 18.8. The van der Waals surface area contributed by atoms with E-state index in [1.165, 1.54) is 30.6 Å². The van der Waals surface area contributed by atoms with Crippen LogP contribution in [0.5, 0.6) is 0 Å². The summed E-state index contributed by atoms with van der Waals surface area (Å²) >= 11 is 1.25. The number of nitrogens with one attached hydrogen (secondary N) is 1. The van der Waals surface area contributed by atoms with Gasteiger partial charge in [-0.1, -0.05) is 12.1 Å². The molecule has 0 unspecified atom stereocenters. The normalized spacial score (nSPS) is 11.0. The van der Waals surface area contributed by atoms with Gasteiger partial charge in [0, 0.05) is 23.9 Å². The molecule has 0 saturated carbocycles. The highest BCUT2D eigenvalue weighted by atomic mass is 32.1. The molecule has 0 bridgehead atoms. The Hall–Kier alpha value is -2.74. The first kappa shape index (κ1) is 17.1. The number of H-pyrrole nitrogens is 1. The Balaban J connectivity index is 2.03. The number of nitrogens with zero attached hydrogens (tertiary/aromatic N) is 1. The number of aromatic amines is 1. The van der Waals surface area contributed by atoms with Gasteiger partial charge in [-0.05, 0) is 24.1 Å². The van der Waals surface area contributed by atoms with Crippen LogP contribution in [0.4, 0.5) is 4.39 Å². The molecular formula is C17H15FN2O4S. The summed E-state index contributed by atoms with van der Waals surface area (Å²) in [7, 11) is 1.29. The first-order valence-corrected chi connectivity index (χ1v) is 8.46. The third-order valence-electron chi connectivity index (χ3n) is 3.86. The number of rotatable bonds is 5. The molecule has 0 aliphatic heterocycles. The number of carbonyl (C=O) groups excluding carboxylic acids is 1. The zero-order chi connectivity index (χ0) is 18.0. The van der Waals surface area contributed by atoms with Crippen molar-refractivity contribution in [2.24, 2.45) is 0 Å². The van der Waals surface area contributed by atoms with Crippen molar-refractivity contribution in [2.75, 3.05) is 7.11 Å². The minimum atomic E-state index is -0.519. The van der Waals surface area contributed by atoms with Crippen molar-refractivity contribution in [3.8, 4) is 11.1 Å². The summed E-state index contributed by atoms with van der Waals surface area (Å²) in [5.41, 5.74) is 0.389. The van der Waals surface area contributed by atoms with E-state index in [1.54, 1.807) is 17.5 Å². The fourth-order valence-electron chi connectivity index (χ4n) is 2.58. The van der Waals surface area contributed by atoms with Crippen LogP contribution < -0.4 is 11.2 Å². The van der Waals surface area contributed by atoms with Crippen LogP contribution in [-0.4, -0.2) is 22.6 Å². The Morgan fingerprint density at radius 2 is 2.00 bits per heavy atom. The summed E-state index contributed by atoms with van der Waals surface area (Å²) in [4.78, 5) is 39.3. The average Bonchev–Trinajstić information content (AvgIpc) is 3.02. The SMILES string of the molecule is COC(=O)CCCn1c(=O)[nH]c2scc(-c3ccc(F)cc3)c2c1=O. The van der Waals surface area contributed by atoms with Gasteiger partial charge in [0.2, 0.25) is 0 Å². The molecule has 0 aliphatic carbocycles. The molecule has 0 radical (unpaired) electrons. The molecule has 1 N–H and O–H groups in total. The lowest BCUT2D eigenvalue weighted by Crippen LogP contribution is -2.35. The molecule has 8 heteroatoms. The lowest BCUT2D eigenvalue weighted by atomic mass is 10.1. The predicted octanol–water partition coefficient (Wildman–Crippen LogP) is 2.51. The Bertz CT molecular complexity index is 1030. The van der Waals surface area contributed by atoms with Crippen LogP contribution in [0.3, 0.4) is 0 Å². The summed E-state index contributed by atoms with van der Waals surface area (Å²) in [6, 6.07) is 5.81. The smallest absolute Gasteiger partial charge is 0.329 e. The molecule has 2 aromatic heterocycles. The fraction of sp³-hybridized carbons (Fsp3) is 0.235. The third-order valence-corrected chi connectivity index (χ3v) is 4.76. The van der Waals surface area contributed by atoms with E-state index in [0.29, 0.717) is 27.8 Å². The molecule has 0 aliphatic rings. The third kappa shape index (κ3) is 3.39. The quantitative estimate of drug-likeness (QED) is 0.707. The van der Waals surface area contributed by atoms with Gasteiger partial charge in [0.05, 0.1) is 12.5 Å². The highest BCUT2D eigenvalue weighted by molar-refractivity contribution is 7.17. The maximum atomic E-state index is 13.1. The van der Waals surface area contributed by atoms with Gasteiger partial charge in [0.1, 0.15) is 10.6 Å². The molecule has 130 valence electrons. The molecule has 0 amide bonds. The van der Waals surface area contributed by atoms with Gasteiger partial charge >= 0.3 is 11.7 Å². The van der Waals surface area contributed by atoms with Gasteiger partial charge in [-0.25, -0.2) is 9.18 Å². The van der Waals surface area contributed by atoms with Gasteiger partial charge < -0.3 is 4.74 Å². The second-order valence-corrected chi connectivity index (χ2v) is 6.31. The largest absolute Gasteiger partial charge is 0.469 e. The van der Waals surface area contributed by atoms with Crippen molar-refractivity contribution < 1.29 is 13.9 Å². The molecule has 0 spiro atoms. The molecule has 3 aromatic rings. The zero-order valence-electron chi connectivity index (χ0n) is 13.4. The number of ether oxygens (including phenoxy) is 1. The first-order valence-electron chi connectivity index (χ1n) is 7.58.